The summed E-state index contributed by atoms with van der Waals surface area (Å²) in [6.45, 7) is 5.57. The van der Waals surface area contributed by atoms with Gasteiger partial charge in [-0.3, -0.25) is 4.57 Å². The van der Waals surface area contributed by atoms with E-state index in [2.05, 4.69) is 5.16 Å². The number of hydrogen-bond acceptors (Lipinski definition) is 6. The molecular formula is C17H14N6O. The Balaban J connectivity index is 2.59. The molecule has 2 heterocycles. The van der Waals surface area contributed by atoms with Gasteiger partial charge in [0.2, 0.25) is 0 Å². The van der Waals surface area contributed by atoms with Crippen LogP contribution in [0.4, 0.5) is 0 Å². The quantitative estimate of drug-likeness (QED) is 0.684. The summed E-state index contributed by atoms with van der Waals surface area (Å²) in [5.41, 5.74) is 7.86. The molecule has 0 bridgehead atoms. The number of rotatable bonds is 3. The minimum Gasteiger partial charge on any atom is -0.396 e. The molecule has 0 radical (unpaired) electrons. The monoisotopic (exact) mass is 318 g/mol. The molecule has 0 amide bonds. The molecule has 24 heavy (non-hydrogen) atoms. The molecule has 0 spiro atoms. The largest absolute Gasteiger partial charge is 0.396 e. The standard InChI is InChI=1S/C17H14N6O/c1-10-4-13(6-14(7-18)17(21)15(8-19)9-20)12(3)23(10)16-5-11(2)24-22-16/h4-6H,21H2,1-3H3/b14-6+. The molecule has 2 aromatic rings. The van der Waals surface area contributed by atoms with Gasteiger partial charge in [-0.05, 0) is 38.5 Å². The molecule has 0 saturated carbocycles. The molecule has 0 atom stereocenters. The number of hydrogen-bond donors (Lipinski definition) is 1. The smallest absolute Gasteiger partial charge is 0.180 e. The molecule has 7 heteroatoms. The van der Waals surface area contributed by atoms with E-state index >= 15 is 0 Å². The number of aromatic nitrogens is 2. The van der Waals surface area contributed by atoms with Gasteiger partial charge in [-0.25, -0.2) is 0 Å². The fraction of sp³-hybridized carbons (Fsp3) is 0.176. The van der Waals surface area contributed by atoms with Gasteiger partial charge < -0.3 is 10.3 Å². The van der Waals surface area contributed by atoms with E-state index in [0.717, 1.165) is 17.0 Å². The molecule has 2 rings (SSSR count). The second-order valence-electron chi connectivity index (χ2n) is 5.14. The fourth-order valence-electron chi connectivity index (χ4n) is 2.35. The zero-order chi connectivity index (χ0) is 17.9. The van der Waals surface area contributed by atoms with E-state index in [0.29, 0.717) is 11.6 Å². The molecule has 118 valence electrons. The van der Waals surface area contributed by atoms with E-state index in [1.54, 1.807) is 31.2 Å². The first-order valence-electron chi connectivity index (χ1n) is 6.97. The lowest BCUT2D eigenvalue weighted by Gasteiger charge is -2.04. The Morgan fingerprint density at radius 3 is 2.33 bits per heavy atom. The van der Waals surface area contributed by atoms with E-state index in [1.807, 2.05) is 30.6 Å². The lowest BCUT2D eigenvalue weighted by molar-refractivity contribution is 0.394. The van der Waals surface area contributed by atoms with Crippen molar-refractivity contribution >= 4 is 6.08 Å². The third kappa shape index (κ3) is 2.90. The Kier molecular flexibility index (Phi) is 4.54. The van der Waals surface area contributed by atoms with Gasteiger partial charge in [0, 0.05) is 17.5 Å². The van der Waals surface area contributed by atoms with Crippen molar-refractivity contribution in [2.75, 3.05) is 0 Å². The summed E-state index contributed by atoms with van der Waals surface area (Å²) >= 11 is 0. The highest BCUT2D eigenvalue weighted by Gasteiger charge is 2.14. The lowest BCUT2D eigenvalue weighted by atomic mass is 10.1. The van der Waals surface area contributed by atoms with E-state index in [-0.39, 0.29) is 16.8 Å². The van der Waals surface area contributed by atoms with Crippen LogP contribution in [0.1, 0.15) is 22.7 Å². The molecule has 0 aliphatic rings. The zero-order valence-electron chi connectivity index (χ0n) is 13.5. The molecule has 0 aliphatic carbocycles. The molecule has 0 unspecified atom stereocenters. The summed E-state index contributed by atoms with van der Waals surface area (Å²) in [5.74, 6) is 1.33. The van der Waals surface area contributed by atoms with Crippen molar-refractivity contribution in [3.8, 4) is 24.0 Å². The topological polar surface area (TPSA) is 128 Å². The maximum Gasteiger partial charge on any atom is 0.180 e. The fourth-order valence-corrected chi connectivity index (χ4v) is 2.35. The average Bonchev–Trinajstić information content (AvgIpc) is 3.09. The number of allylic oxidation sites excluding steroid dienone is 2. The second kappa shape index (κ2) is 6.56. The van der Waals surface area contributed by atoms with Crippen molar-refractivity contribution in [3.63, 3.8) is 0 Å². The van der Waals surface area contributed by atoms with Gasteiger partial charge >= 0.3 is 0 Å². The minimum atomic E-state index is -0.288. The third-order valence-corrected chi connectivity index (χ3v) is 3.52. The summed E-state index contributed by atoms with van der Waals surface area (Å²) in [7, 11) is 0. The molecule has 7 nitrogen and oxygen atoms in total. The summed E-state index contributed by atoms with van der Waals surface area (Å²) < 4.78 is 6.98. The van der Waals surface area contributed by atoms with Crippen LogP contribution in [0.5, 0.6) is 0 Å². The van der Waals surface area contributed by atoms with Gasteiger partial charge in [0.15, 0.2) is 11.4 Å². The van der Waals surface area contributed by atoms with Crippen LogP contribution < -0.4 is 5.73 Å². The van der Waals surface area contributed by atoms with Crippen molar-refractivity contribution in [1.29, 1.82) is 15.8 Å². The van der Waals surface area contributed by atoms with Crippen molar-refractivity contribution in [2.24, 2.45) is 5.73 Å². The summed E-state index contributed by atoms with van der Waals surface area (Å²) in [5, 5.41) is 31.1. The van der Waals surface area contributed by atoms with Crippen LogP contribution in [0, 0.1) is 54.8 Å². The van der Waals surface area contributed by atoms with Crippen LogP contribution in [0.3, 0.4) is 0 Å². The van der Waals surface area contributed by atoms with Crippen LogP contribution >= 0.6 is 0 Å². The van der Waals surface area contributed by atoms with Crippen molar-refractivity contribution in [2.45, 2.75) is 20.8 Å². The highest BCUT2D eigenvalue weighted by atomic mass is 16.5. The molecule has 0 saturated heterocycles. The third-order valence-electron chi connectivity index (χ3n) is 3.52. The van der Waals surface area contributed by atoms with Gasteiger partial charge in [-0.2, -0.15) is 15.8 Å². The summed E-state index contributed by atoms with van der Waals surface area (Å²) in [4.78, 5) is 0. The van der Waals surface area contributed by atoms with Crippen LogP contribution in [-0.4, -0.2) is 9.72 Å². The Morgan fingerprint density at radius 2 is 1.83 bits per heavy atom. The van der Waals surface area contributed by atoms with Crippen LogP contribution in [0.25, 0.3) is 11.9 Å². The van der Waals surface area contributed by atoms with Gasteiger partial charge in [-0.15, -0.1) is 0 Å². The van der Waals surface area contributed by atoms with Crippen molar-refractivity contribution in [1.82, 2.24) is 9.72 Å². The van der Waals surface area contributed by atoms with Crippen molar-refractivity contribution in [3.05, 3.63) is 51.7 Å². The molecule has 0 aromatic carbocycles. The molecule has 2 aromatic heterocycles. The Labute approximate surface area is 139 Å². The average molecular weight is 318 g/mol. The molecule has 0 fully saturated rings. The van der Waals surface area contributed by atoms with E-state index in [4.69, 9.17) is 20.8 Å². The van der Waals surface area contributed by atoms with Gasteiger partial charge in [-0.1, -0.05) is 5.16 Å². The summed E-state index contributed by atoms with van der Waals surface area (Å²) in [6.07, 6.45) is 1.55. The van der Waals surface area contributed by atoms with Crippen LogP contribution in [-0.2, 0) is 0 Å². The predicted molar refractivity (Wildman–Crippen MR) is 86.1 cm³/mol. The highest BCUT2D eigenvalue weighted by molar-refractivity contribution is 5.68. The molecular weight excluding hydrogens is 304 g/mol. The number of nitriles is 3. The first-order valence-corrected chi connectivity index (χ1v) is 6.97. The lowest BCUT2D eigenvalue weighted by Crippen LogP contribution is -2.03. The number of aryl methyl sites for hydroxylation is 2. The molecule has 0 aliphatic heterocycles. The van der Waals surface area contributed by atoms with Gasteiger partial charge in [0.05, 0.1) is 11.3 Å². The Morgan fingerprint density at radius 1 is 1.17 bits per heavy atom. The number of nitrogens with zero attached hydrogens (tertiary/aromatic N) is 5. The normalized spacial score (nSPS) is 10.6. The zero-order valence-corrected chi connectivity index (χ0v) is 13.5. The predicted octanol–water partition coefficient (Wildman–Crippen LogP) is 2.56. The first-order chi connectivity index (χ1) is 11.4. The highest BCUT2D eigenvalue weighted by Crippen LogP contribution is 2.23. The van der Waals surface area contributed by atoms with E-state index < -0.39 is 0 Å². The Hall–Kier alpha value is -3.76. The maximum atomic E-state index is 9.30. The SMILES string of the molecule is Cc1cc(-n2c(C)cc(/C=C(\C#N)C(N)=C(C#N)C#N)c2C)no1. The summed E-state index contributed by atoms with van der Waals surface area (Å²) in [6, 6.07) is 8.97. The Bertz CT molecular complexity index is 966. The number of nitrogens with two attached hydrogens (primary N) is 1. The second-order valence-corrected chi connectivity index (χ2v) is 5.14. The van der Waals surface area contributed by atoms with Crippen molar-refractivity contribution < 1.29 is 4.52 Å². The van der Waals surface area contributed by atoms with E-state index in [1.165, 1.54) is 0 Å². The first kappa shape index (κ1) is 16.6. The van der Waals surface area contributed by atoms with Crippen LogP contribution in [0.2, 0.25) is 0 Å². The maximum absolute atomic E-state index is 9.30. The van der Waals surface area contributed by atoms with E-state index in [9.17, 15) is 5.26 Å². The van der Waals surface area contributed by atoms with Crippen LogP contribution in [0.15, 0.2) is 33.5 Å². The minimum absolute atomic E-state index is 0.0599. The molecule has 2 N–H and O–H groups in total. The van der Waals surface area contributed by atoms with Gasteiger partial charge in [0.25, 0.3) is 0 Å². The van der Waals surface area contributed by atoms with Gasteiger partial charge in [0.1, 0.15) is 24.0 Å².